The number of halogens is 1. The van der Waals surface area contributed by atoms with Crippen LogP contribution in [0.3, 0.4) is 0 Å². The summed E-state index contributed by atoms with van der Waals surface area (Å²) in [5.41, 5.74) is 6.65. The predicted octanol–water partition coefficient (Wildman–Crippen LogP) is 5.31. The van der Waals surface area contributed by atoms with Gasteiger partial charge < -0.3 is 10.2 Å². The minimum atomic E-state index is 0.714. The van der Waals surface area contributed by atoms with Crippen molar-refractivity contribution in [3.8, 4) is 0 Å². The fourth-order valence-corrected chi connectivity index (χ4v) is 4.18. The lowest BCUT2D eigenvalue weighted by Crippen LogP contribution is -2.51. The molecule has 1 N–H and O–H groups in total. The second-order valence-electron chi connectivity index (χ2n) is 8.10. The summed E-state index contributed by atoms with van der Waals surface area (Å²) < 4.78 is 0. The van der Waals surface area contributed by atoms with Gasteiger partial charge in [-0.1, -0.05) is 48.9 Å². The van der Waals surface area contributed by atoms with Crippen molar-refractivity contribution in [3.63, 3.8) is 0 Å². The van der Waals surface area contributed by atoms with E-state index in [1.165, 1.54) is 11.1 Å². The number of benzene rings is 2. The highest BCUT2D eigenvalue weighted by Crippen LogP contribution is 2.39. The first kappa shape index (κ1) is 21.6. The third-order valence-electron chi connectivity index (χ3n) is 5.74. The van der Waals surface area contributed by atoms with Crippen LogP contribution < -0.4 is 5.32 Å². The highest BCUT2D eigenvalue weighted by Gasteiger charge is 2.31. The maximum absolute atomic E-state index is 6.39. The zero-order valence-electron chi connectivity index (χ0n) is 18.5. The molecule has 162 valence electrons. The van der Waals surface area contributed by atoms with E-state index < -0.39 is 0 Å². The molecule has 0 aliphatic carbocycles. The maximum atomic E-state index is 6.39. The van der Waals surface area contributed by atoms with Crippen LogP contribution in [-0.2, 0) is 6.42 Å². The smallest absolute Gasteiger partial charge is 0.227 e. The van der Waals surface area contributed by atoms with Gasteiger partial charge in [-0.15, -0.1) is 0 Å². The molecule has 31 heavy (non-hydrogen) atoms. The zero-order valence-corrected chi connectivity index (χ0v) is 19.3. The van der Waals surface area contributed by atoms with Crippen molar-refractivity contribution in [2.24, 2.45) is 10.1 Å². The van der Waals surface area contributed by atoms with Gasteiger partial charge in [-0.3, -0.25) is 0 Å². The van der Waals surface area contributed by atoms with Gasteiger partial charge in [0.2, 0.25) is 5.96 Å². The van der Waals surface area contributed by atoms with E-state index in [9.17, 15) is 0 Å². The first-order valence-electron chi connectivity index (χ1n) is 11.0. The number of nitrogens with zero attached hydrogens (tertiary/aromatic N) is 4. The number of hydrogen-bond donors (Lipinski definition) is 1. The van der Waals surface area contributed by atoms with E-state index in [0.717, 1.165) is 67.6 Å². The molecular weight excluding hydrogens is 406 g/mol. The van der Waals surface area contributed by atoms with Gasteiger partial charge >= 0.3 is 0 Å². The SMILES string of the molecule is CCC(C)=C1c2cc(Cl)ccc2N=C(N2CCNCC2)N1/N=C(\C)Cc1ccccc1. The Morgan fingerprint density at radius 1 is 1.10 bits per heavy atom. The Bertz CT molecular complexity index is 1020. The summed E-state index contributed by atoms with van der Waals surface area (Å²) in [6.07, 6.45) is 1.73. The first-order valence-corrected chi connectivity index (χ1v) is 11.4. The molecule has 1 saturated heterocycles. The topological polar surface area (TPSA) is 43.2 Å². The number of rotatable bonds is 4. The van der Waals surface area contributed by atoms with Crippen molar-refractivity contribution >= 4 is 34.7 Å². The van der Waals surface area contributed by atoms with Gasteiger partial charge in [-0.2, -0.15) is 10.1 Å². The average Bonchev–Trinajstić information content (AvgIpc) is 2.79. The lowest BCUT2D eigenvalue weighted by Gasteiger charge is -2.38. The molecule has 2 aliphatic rings. The number of guanidine groups is 1. The summed E-state index contributed by atoms with van der Waals surface area (Å²) in [5.74, 6) is 0.895. The molecule has 0 saturated carbocycles. The van der Waals surface area contributed by atoms with Crippen LogP contribution in [0.1, 0.15) is 38.3 Å². The van der Waals surface area contributed by atoms with Gasteiger partial charge in [0.05, 0.1) is 11.4 Å². The van der Waals surface area contributed by atoms with Gasteiger partial charge in [0.1, 0.15) is 0 Å². The van der Waals surface area contributed by atoms with Crippen molar-refractivity contribution < 1.29 is 0 Å². The molecule has 2 aromatic rings. The number of hydrogen-bond acceptors (Lipinski definition) is 5. The average molecular weight is 436 g/mol. The van der Waals surface area contributed by atoms with Crippen LogP contribution in [0.15, 0.2) is 64.2 Å². The Hall–Kier alpha value is -2.63. The van der Waals surface area contributed by atoms with E-state index in [0.29, 0.717) is 5.02 Å². The summed E-state index contributed by atoms with van der Waals surface area (Å²) in [6.45, 7) is 10.2. The summed E-state index contributed by atoms with van der Waals surface area (Å²) in [7, 11) is 0. The fourth-order valence-electron chi connectivity index (χ4n) is 4.00. The fraction of sp³-hybridized carbons (Fsp3) is 0.360. The largest absolute Gasteiger partial charge is 0.338 e. The lowest BCUT2D eigenvalue weighted by atomic mass is 10.0. The summed E-state index contributed by atoms with van der Waals surface area (Å²) >= 11 is 6.39. The van der Waals surface area contributed by atoms with Crippen molar-refractivity contribution in [2.45, 2.75) is 33.6 Å². The van der Waals surface area contributed by atoms with Crippen LogP contribution in [0.2, 0.25) is 5.02 Å². The third-order valence-corrected chi connectivity index (χ3v) is 5.98. The normalized spacial score (nSPS) is 18.6. The van der Waals surface area contributed by atoms with Crippen molar-refractivity contribution in [1.82, 2.24) is 15.2 Å². The van der Waals surface area contributed by atoms with Crippen LogP contribution >= 0.6 is 11.6 Å². The third kappa shape index (κ3) is 4.83. The number of allylic oxidation sites excluding steroid dienone is 1. The standard InChI is InChI=1S/C25H30ClN5/c1-4-18(2)24-22-17-21(26)10-11-23(22)28-25(30-14-12-27-13-15-30)31(24)29-19(3)16-20-8-6-5-7-9-20/h5-11,17,27H,4,12-16H2,1-3H3/b24-18?,29-19+. The maximum Gasteiger partial charge on any atom is 0.227 e. The highest BCUT2D eigenvalue weighted by atomic mass is 35.5. The number of fused-ring (bicyclic) bond motifs is 1. The lowest BCUT2D eigenvalue weighted by molar-refractivity contribution is 0.322. The molecule has 0 unspecified atom stereocenters. The molecule has 5 nitrogen and oxygen atoms in total. The summed E-state index contributed by atoms with van der Waals surface area (Å²) in [6, 6.07) is 16.4. The molecule has 1 fully saturated rings. The molecule has 2 heterocycles. The number of nitrogens with one attached hydrogen (secondary N) is 1. The van der Waals surface area contributed by atoms with E-state index in [1.807, 2.05) is 24.3 Å². The van der Waals surface area contributed by atoms with Crippen LogP contribution in [0, 0.1) is 0 Å². The molecule has 0 spiro atoms. The van der Waals surface area contributed by atoms with Gasteiger partial charge in [-0.25, -0.2) is 4.99 Å². The molecule has 2 aliphatic heterocycles. The molecule has 2 aromatic carbocycles. The summed E-state index contributed by atoms with van der Waals surface area (Å²) in [4.78, 5) is 7.39. The molecule has 6 heteroatoms. The molecule has 0 radical (unpaired) electrons. The molecule has 0 amide bonds. The predicted molar refractivity (Wildman–Crippen MR) is 131 cm³/mol. The molecule has 0 aromatic heterocycles. The first-order chi connectivity index (χ1) is 15.1. The Kier molecular flexibility index (Phi) is 6.73. The van der Waals surface area contributed by atoms with Crippen LogP contribution in [0.5, 0.6) is 0 Å². The van der Waals surface area contributed by atoms with E-state index in [2.05, 4.69) is 60.3 Å². The van der Waals surface area contributed by atoms with Gasteiger partial charge in [-0.05, 0) is 49.6 Å². The van der Waals surface area contributed by atoms with E-state index in [4.69, 9.17) is 21.7 Å². The minimum Gasteiger partial charge on any atom is -0.338 e. The number of hydrazone groups is 1. The van der Waals surface area contributed by atoms with Crippen molar-refractivity contribution in [2.75, 3.05) is 26.2 Å². The van der Waals surface area contributed by atoms with Crippen LogP contribution in [0.25, 0.3) is 5.70 Å². The van der Waals surface area contributed by atoms with Crippen molar-refractivity contribution in [1.29, 1.82) is 0 Å². The van der Waals surface area contributed by atoms with E-state index in [1.54, 1.807) is 0 Å². The second kappa shape index (κ2) is 9.67. The Labute approximate surface area is 190 Å². The highest BCUT2D eigenvalue weighted by molar-refractivity contribution is 6.31. The zero-order chi connectivity index (χ0) is 21.8. The minimum absolute atomic E-state index is 0.714. The molecule has 4 rings (SSSR count). The Balaban J connectivity index is 1.82. The van der Waals surface area contributed by atoms with E-state index in [-0.39, 0.29) is 0 Å². The monoisotopic (exact) mass is 435 g/mol. The summed E-state index contributed by atoms with van der Waals surface area (Å²) in [5, 5.41) is 11.3. The number of aliphatic imine (C=N–C) groups is 1. The molecular formula is C25H30ClN5. The Morgan fingerprint density at radius 3 is 2.55 bits per heavy atom. The second-order valence-corrected chi connectivity index (χ2v) is 8.54. The van der Waals surface area contributed by atoms with Crippen LogP contribution in [-0.4, -0.2) is 47.8 Å². The Morgan fingerprint density at radius 2 is 1.84 bits per heavy atom. The molecule has 0 bridgehead atoms. The van der Waals surface area contributed by atoms with Gasteiger partial charge in [0.15, 0.2) is 0 Å². The molecule has 0 atom stereocenters. The van der Waals surface area contributed by atoms with Crippen molar-refractivity contribution in [3.05, 3.63) is 70.3 Å². The van der Waals surface area contributed by atoms with Gasteiger partial charge in [0, 0.05) is 48.9 Å². The quantitative estimate of drug-likeness (QED) is 0.662. The van der Waals surface area contributed by atoms with Crippen LogP contribution in [0.4, 0.5) is 5.69 Å². The van der Waals surface area contributed by atoms with Gasteiger partial charge in [0.25, 0.3) is 0 Å². The van der Waals surface area contributed by atoms with E-state index >= 15 is 0 Å². The number of piperazine rings is 1.